The van der Waals surface area contributed by atoms with Gasteiger partial charge in [-0.05, 0) is 0 Å². The van der Waals surface area contributed by atoms with E-state index in [9.17, 15) is 4.79 Å². The van der Waals surface area contributed by atoms with Crippen molar-refractivity contribution in [2.45, 2.75) is 6.04 Å². The van der Waals surface area contributed by atoms with Gasteiger partial charge in [0.15, 0.2) is 0 Å². The van der Waals surface area contributed by atoms with Gasteiger partial charge < -0.3 is 0 Å². The Morgan fingerprint density at radius 1 is 1.71 bits per heavy atom. The topological polar surface area (TPSA) is 66.9 Å². The number of carbonyl (C=O) groups excluding carboxylic acids is 1. The number of hydrogen-bond donors (Lipinski definition) is 2. The van der Waals surface area contributed by atoms with Crippen LogP contribution >= 0.6 is 35.5 Å². The number of rotatable bonds is 2. The van der Waals surface area contributed by atoms with Gasteiger partial charge in [-0.3, -0.25) is 15.4 Å². The lowest BCUT2D eigenvalue weighted by Crippen LogP contribution is -2.37. The van der Waals surface area contributed by atoms with E-state index in [-0.39, 0.29) is 24.4 Å². The van der Waals surface area contributed by atoms with Crippen molar-refractivity contribution in [3.8, 4) is 0 Å². The average Bonchev–Trinajstić information content (AvgIpc) is 2.74. The van der Waals surface area contributed by atoms with Crippen LogP contribution in [0.15, 0.2) is 5.51 Å². The fraction of sp³-hybridized carbons (Fsp3) is 0.500. The molecule has 78 valence electrons. The van der Waals surface area contributed by atoms with Crippen LogP contribution in [-0.2, 0) is 4.79 Å². The van der Waals surface area contributed by atoms with Crippen molar-refractivity contribution in [1.82, 2.24) is 15.5 Å². The molecule has 8 heteroatoms. The smallest absolute Gasteiger partial charge is 0.244 e. The van der Waals surface area contributed by atoms with E-state index in [1.54, 1.807) is 17.3 Å². The number of nitrogens with zero attached hydrogens (tertiary/aromatic N) is 2. The van der Waals surface area contributed by atoms with Gasteiger partial charge in [-0.15, -0.1) is 34.4 Å². The number of carbonyl (C=O) groups is 1. The van der Waals surface area contributed by atoms with Gasteiger partial charge in [0.1, 0.15) is 5.51 Å². The van der Waals surface area contributed by atoms with Crippen molar-refractivity contribution in [3.63, 3.8) is 0 Å². The molecule has 2 N–H and O–H groups in total. The lowest BCUT2D eigenvalue weighted by Gasteiger charge is -2.06. The highest BCUT2D eigenvalue weighted by Crippen LogP contribution is 2.13. The Morgan fingerprint density at radius 3 is 3.14 bits per heavy atom. The standard InChI is InChI=1S/C6H8N4OS2.ClH/c11-5(4-1-12-2-7-4)9-6-10-8-3-13-6;/h3-4,7H,1-2H2,(H,9,10,11);1H/t4-;/m1./s1. The second kappa shape index (κ2) is 5.50. The maximum Gasteiger partial charge on any atom is 0.244 e. The van der Waals surface area contributed by atoms with Gasteiger partial charge in [-0.2, -0.15) is 0 Å². The maximum atomic E-state index is 11.5. The van der Waals surface area contributed by atoms with Gasteiger partial charge in [0.25, 0.3) is 0 Å². The molecule has 2 rings (SSSR count). The van der Waals surface area contributed by atoms with Crippen LogP contribution < -0.4 is 10.6 Å². The van der Waals surface area contributed by atoms with E-state index < -0.39 is 0 Å². The van der Waals surface area contributed by atoms with Gasteiger partial charge >= 0.3 is 0 Å². The number of aromatic nitrogens is 2. The van der Waals surface area contributed by atoms with E-state index in [4.69, 9.17) is 0 Å². The normalized spacial score (nSPS) is 20.1. The van der Waals surface area contributed by atoms with Gasteiger partial charge in [0.05, 0.1) is 6.04 Å². The molecule has 1 fully saturated rings. The summed E-state index contributed by atoms with van der Waals surface area (Å²) in [4.78, 5) is 11.5. The highest BCUT2D eigenvalue weighted by atomic mass is 35.5. The molecule has 1 aliphatic heterocycles. The molecule has 0 radical (unpaired) electrons. The van der Waals surface area contributed by atoms with Crippen LogP contribution in [0.4, 0.5) is 5.13 Å². The number of hydrogen-bond acceptors (Lipinski definition) is 6. The lowest BCUT2D eigenvalue weighted by atomic mass is 10.3. The first-order valence-corrected chi connectivity index (χ1v) is 5.78. The molecule has 0 aliphatic carbocycles. The summed E-state index contributed by atoms with van der Waals surface area (Å²) in [5.41, 5.74) is 1.59. The minimum absolute atomic E-state index is 0. The molecule has 14 heavy (non-hydrogen) atoms. The van der Waals surface area contributed by atoms with Crippen LogP contribution in [0.1, 0.15) is 0 Å². The van der Waals surface area contributed by atoms with Crippen LogP contribution in [0.25, 0.3) is 0 Å². The highest BCUT2D eigenvalue weighted by molar-refractivity contribution is 7.99. The molecule has 2 heterocycles. The average molecular weight is 253 g/mol. The molecule has 5 nitrogen and oxygen atoms in total. The molecular weight excluding hydrogens is 244 g/mol. The largest absolute Gasteiger partial charge is 0.299 e. The Bertz CT molecular complexity index is 288. The van der Waals surface area contributed by atoms with Gasteiger partial charge in [-0.1, -0.05) is 11.3 Å². The first kappa shape index (κ1) is 11.7. The Kier molecular flexibility index (Phi) is 4.59. The first-order valence-electron chi connectivity index (χ1n) is 3.74. The summed E-state index contributed by atoms with van der Waals surface area (Å²) < 4.78 is 0. The zero-order valence-electron chi connectivity index (χ0n) is 7.10. The summed E-state index contributed by atoms with van der Waals surface area (Å²) in [6.45, 7) is 0. The minimum atomic E-state index is -0.0890. The summed E-state index contributed by atoms with van der Waals surface area (Å²) in [7, 11) is 0. The van der Waals surface area contributed by atoms with Crippen LogP contribution in [0, 0.1) is 0 Å². The molecular formula is C6H9ClN4OS2. The molecule has 1 aromatic rings. The molecule has 1 amide bonds. The van der Waals surface area contributed by atoms with E-state index in [2.05, 4.69) is 20.8 Å². The van der Waals surface area contributed by atoms with Crippen LogP contribution in [-0.4, -0.2) is 33.8 Å². The molecule has 1 saturated heterocycles. The van der Waals surface area contributed by atoms with E-state index in [1.807, 2.05) is 0 Å². The van der Waals surface area contributed by atoms with Crippen LogP contribution in [0.5, 0.6) is 0 Å². The number of thioether (sulfide) groups is 1. The van der Waals surface area contributed by atoms with Crippen molar-refractivity contribution in [2.24, 2.45) is 0 Å². The second-order valence-corrected chi connectivity index (χ2v) is 4.37. The molecule has 0 saturated carbocycles. The first-order chi connectivity index (χ1) is 6.36. The number of anilines is 1. The molecule has 1 aliphatic rings. The molecule has 0 aromatic carbocycles. The molecule has 0 spiro atoms. The third-order valence-electron chi connectivity index (χ3n) is 1.62. The summed E-state index contributed by atoms with van der Waals surface area (Å²) >= 11 is 3.04. The fourth-order valence-electron chi connectivity index (χ4n) is 0.984. The molecule has 0 bridgehead atoms. The predicted octanol–water partition coefficient (Wildman–Crippen LogP) is 0.561. The quantitative estimate of drug-likeness (QED) is 0.805. The van der Waals surface area contributed by atoms with Gasteiger partial charge in [0, 0.05) is 11.6 Å². The predicted molar refractivity (Wildman–Crippen MR) is 60.0 cm³/mol. The van der Waals surface area contributed by atoms with Crippen molar-refractivity contribution >= 4 is 46.5 Å². The van der Waals surface area contributed by atoms with Crippen LogP contribution in [0.3, 0.4) is 0 Å². The summed E-state index contributed by atoms with van der Waals surface area (Å²) in [6, 6.07) is -0.0890. The fourth-order valence-corrected chi connectivity index (χ4v) is 2.37. The van der Waals surface area contributed by atoms with Crippen molar-refractivity contribution < 1.29 is 4.79 Å². The minimum Gasteiger partial charge on any atom is -0.299 e. The van der Waals surface area contributed by atoms with E-state index in [0.717, 1.165) is 11.6 Å². The van der Waals surface area contributed by atoms with E-state index >= 15 is 0 Å². The van der Waals surface area contributed by atoms with Crippen LogP contribution in [0.2, 0.25) is 0 Å². The SMILES string of the molecule is Cl.O=C(Nc1nncs1)[C@H]1CSCN1. The maximum absolute atomic E-state index is 11.5. The molecule has 1 aromatic heterocycles. The highest BCUT2D eigenvalue weighted by Gasteiger charge is 2.22. The molecule has 1 atom stereocenters. The summed E-state index contributed by atoms with van der Waals surface area (Å²) in [5.74, 6) is 1.64. The zero-order valence-corrected chi connectivity index (χ0v) is 9.55. The van der Waals surface area contributed by atoms with Crippen molar-refractivity contribution in [1.29, 1.82) is 0 Å². The van der Waals surface area contributed by atoms with Crippen molar-refractivity contribution in [3.05, 3.63) is 5.51 Å². The number of nitrogens with one attached hydrogen (secondary N) is 2. The Hall–Kier alpha value is -0.370. The summed E-state index contributed by atoms with van der Waals surface area (Å²) in [6.07, 6.45) is 0. The Balaban J connectivity index is 0.000000980. The Morgan fingerprint density at radius 2 is 2.57 bits per heavy atom. The van der Waals surface area contributed by atoms with Gasteiger partial charge in [-0.25, -0.2) is 0 Å². The monoisotopic (exact) mass is 252 g/mol. The van der Waals surface area contributed by atoms with E-state index in [0.29, 0.717) is 5.13 Å². The Labute approximate surface area is 95.5 Å². The molecule has 0 unspecified atom stereocenters. The summed E-state index contributed by atoms with van der Waals surface area (Å²) in [5, 5.41) is 13.7. The third kappa shape index (κ3) is 2.81. The number of amides is 1. The van der Waals surface area contributed by atoms with Crippen molar-refractivity contribution in [2.75, 3.05) is 16.9 Å². The lowest BCUT2D eigenvalue weighted by molar-refractivity contribution is -0.117. The second-order valence-electron chi connectivity index (χ2n) is 2.50. The number of halogens is 1. The zero-order chi connectivity index (χ0) is 9.10. The van der Waals surface area contributed by atoms with E-state index in [1.165, 1.54) is 11.3 Å². The van der Waals surface area contributed by atoms with Gasteiger partial charge in [0.2, 0.25) is 11.0 Å². The third-order valence-corrected chi connectivity index (χ3v) is 3.17.